The molecular weight excluding hydrogens is 558 g/mol. The van der Waals surface area contributed by atoms with Gasteiger partial charge in [0.25, 0.3) is 5.91 Å². The van der Waals surface area contributed by atoms with Crippen molar-refractivity contribution in [1.29, 1.82) is 0 Å². The summed E-state index contributed by atoms with van der Waals surface area (Å²) in [6, 6.07) is 16.0. The van der Waals surface area contributed by atoms with Crippen LogP contribution in [0.5, 0.6) is 5.88 Å². The van der Waals surface area contributed by atoms with Gasteiger partial charge in [-0.25, -0.2) is 19.6 Å². The zero-order valence-electron chi connectivity index (χ0n) is 22.7. The third kappa shape index (κ3) is 4.52. The number of imidazole rings is 1. The van der Waals surface area contributed by atoms with Gasteiger partial charge in [0.1, 0.15) is 11.3 Å². The fraction of sp³-hybridized carbons (Fsp3) is 0.172. The van der Waals surface area contributed by atoms with Crippen LogP contribution in [0.15, 0.2) is 73.2 Å². The Labute approximate surface area is 242 Å². The molecule has 14 heteroatoms. The second kappa shape index (κ2) is 10.3. The maximum Gasteiger partial charge on any atom is 0.336 e. The molecule has 0 spiro atoms. The highest BCUT2D eigenvalue weighted by molar-refractivity contribution is 5.93. The van der Waals surface area contributed by atoms with E-state index in [4.69, 9.17) is 20.4 Å². The maximum atomic E-state index is 13.3. The minimum absolute atomic E-state index is 0.148. The van der Waals surface area contributed by atoms with E-state index in [1.54, 1.807) is 23.1 Å². The van der Waals surface area contributed by atoms with Crippen LogP contribution in [-0.2, 0) is 6.42 Å². The van der Waals surface area contributed by atoms with Crippen LogP contribution in [0.25, 0.3) is 34.1 Å². The number of methoxy groups -OCH3 is 1. The highest BCUT2D eigenvalue weighted by Crippen LogP contribution is 2.36. The first-order valence-corrected chi connectivity index (χ1v) is 13.4. The predicted molar refractivity (Wildman–Crippen MR) is 152 cm³/mol. The maximum absolute atomic E-state index is 13.3. The average molecular weight is 583 g/mol. The van der Waals surface area contributed by atoms with E-state index in [9.17, 15) is 13.6 Å². The molecule has 7 rings (SSSR count). The Morgan fingerprint density at radius 2 is 2.00 bits per heavy atom. The quantitative estimate of drug-likeness (QED) is 0.284. The van der Waals surface area contributed by atoms with E-state index in [1.807, 2.05) is 53.2 Å². The number of carbonyl (C=O) groups is 1. The number of carbonyl (C=O) groups excluding carboxylic acids is 1. The van der Waals surface area contributed by atoms with Crippen LogP contribution in [0.2, 0.25) is 0 Å². The summed E-state index contributed by atoms with van der Waals surface area (Å²) in [5, 5.41) is 10.9. The number of aromatic nitrogens is 8. The number of halogens is 2. The number of nitrogens with one attached hydrogen (secondary N) is 1. The number of nitrogens with zero attached hydrogens (tertiary/aromatic N) is 8. The minimum atomic E-state index is -2.93. The number of hydrogen-bond donors (Lipinski definition) is 2. The first kappa shape index (κ1) is 26.3. The van der Waals surface area contributed by atoms with Gasteiger partial charge in [-0.3, -0.25) is 9.36 Å². The summed E-state index contributed by atoms with van der Waals surface area (Å²) in [4.78, 5) is 27.0. The topological polar surface area (TPSA) is 144 Å². The lowest BCUT2D eigenvalue weighted by Crippen LogP contribution is -2.27. The Bertz CT molecular complexity index is 1980. The number of nitrogen functional groups attached to an aromatic ring is 1. The van der Waals surface area contributed by atoms with Crippen molar-refractivity contribution >= 4 is 22.9 Å². The summed E-state index contributed by atoms with van der Waals surface area (Å²) < 4.78 is 35.4. The number of amides is 1. The monoisotopic (exact) mass is 582 g/mol. The van der Waals surface area contributed by atoms with Gasteiger partial charge < -0.3 is 15.8 Å². The number of fused-ring (bicyclic) bond motifs is 2. The molecule has 0 fully saturated rings. The van der Waals surface area contributed by atoms with Gasteiger partial charge in [0.05, 0.1) is 18.7 Å². The van der Waals surface area contributed by atoms with E-state index in [0.29, 0.717) is 51.7 Å². The SMILES string of the molecule is COc1cc(C(=O)N[C@H]2CCc3cc(-n4c(-c5cccnc5N)nc5ccc(-n6cccn6)nc54)ccc32)nn1C(F)F. The lowest BCUT2D eigenvalue weighted by molar-refractivity contribution is 0.0474. The number of benzene rings is 1. The van der Waals surface area contributed by atoms with Gasteiger partial charge in [-0.1, -0.05) is 6.07 Å². The van der Waals surface area contributed by atoms with Gasteiger partial charge >= 0.3 is 6.55 Å². The molecule has 6 aromatic rings. The Morgan fingerprint density at radius 1 is 1.12 bits per heavy atom. The third-order valence-corrected chi connectivity index (χ3v) is 7.40. The van der Waals surface area contributed by atoms with Gasteiger partial charge in [0, 0.05) is 30.3 Å². The molecule has 1 aliphatic rings. The molecule has 43 heavy (non-hydrogen) atoms. The average Bonchev–Trinajstić information content (AvgIpc) is 3.82. The largest absolute Gasteiger partial charge is 0.481 e. The van der Waals surface area contributed by atoms with Crippen LogP contribution in [0, 0.1) is 0 Å². The highest BCUT2D eigenvalue weighted by atomic mass is 19.3. The van der Waals surface area contributed by atoms with Crippen molar-refractivity contribution in [2.24, 2.45) is 0 Å². The first-order valence-electron chi connectivity index (χ1n) is 13.4. The van der Waals surface area contributed by atoms with Crippen molar-refractivity contribution in [3.05, 3.63) is 90.0 Å². The van der Waals surface area contributed by atoms with E-state index in [2.05, 4.69) is 20.5 Å². The second-order valence-corrected chi connectivity index (χ2v) is 9.91. The molecule has 0 radical (unpaired) electrons. The number of ether oxygens (including phenoxy) is 1. The lowest BCUT2D eigenvalue weighted by atomic mass is 10.1. The van der Waals surface area contributed by atoms with E-state index in [-0.39, 0.29) is 17.6 Å². The van der Waals surface area contributed by atoms with Crippen molar-refractivity contribution in [1.82, 2.24) is 44.4 Å². The van der Waals surface area contributed by atoms with E-state index >= 15 is 0 Å². The summed E-state index contributed by atoms with van der Waals surface area (Å²) in [5.41, 5.74) is 10.8. The summed E-state index contributed by atoms with van der Waals surface area (Å²) in [5.74, 6) is 0.779. The molecule has 12 nitrogen and oxygen atoms in total. The summed E-state index contributed by atoms with van der Waals surface area (Å²) in [7, 11) is 1.24. The zero-order valence-corrected chi connectivity index (χ0v) is 22.7. The molecule has 0 aliphatic heterocycles. The van der Waals surface area contributed by atoms with Gasteiger partial charge in [0.15, 0.2) is 23.0 Å². The molecule has 0 saturated carbocycles. The molecule has 1 atom stereocenters. The Kier molecular flexibility index (Phi) is 6.30. The van der Waals surface area contributed by atoms with E-state index in [1.165, 1.54) is 13.2 Å². The van der Waals surface area contributed by atoms with Crippen molar-refractivity contribution in [3.8, 4) is 28.8 Å². The molecule has 3 N–H and O–H groups in total. The Balaban J connectivity index is 1.27. The summed E-state index contributed by atoms with van der Waals surface area (Å²) in [6.45, 7) is -2.93. The van der Waals surface area contributed by atoms with Crippen molar-refractivity contribution < 1.29 is 18.3 Å². The smallest absolute Gasteiger partial charge is 0.336 e. The number of hydrogen-bond acceptors (Lipinski definition) is 8. The Hall–Kier alpha value is -5.66. The van der Waals surface area contributed by atoms with Gasteiger partial charge in [-0.15, -0.1) is 0 Å². The lowest BCUT2D eigenvalue weighted by Gasteiger charge is -2.15. The van der Waals surface area contributed by atoms with Gasteiger partial charge in [-0.2, -0.15) is 23.7 Å². The summed E-state index contributed by atoms with van der Waals surface area (Å²) in [6.07, 6.45) is 6.43. The van der Waals surface area contributed by atoms with Crippen LogP contribution in [0.4, 0.5) is 14.6 Å². The number of aryl methyl sites for hydroxylation is 1. The second-order valence-electron chi connectivity index (χ2n) is 9.91. The summed E-state index contributed by atoms with van der Waals surface area (Å²) >= 11 is 0. The minimum Gasteiger partial charge on any atom is -0.481 e. The number of anilines is 1. The molecule has 0 unspecified atom stereocenters. The standard InChI is InChI=1S/C29H24F2N10O2/c1-43-24-15-22(38-41(24)29(30)31)28(42)36-20-8-5-16-14-17(6-7-18(16)20)40-26(19-4-2-11-33-25(19)32)35-21-9-10-23(37-27(21)40)39-13-3-12-34-39/h2-4,6-7,9-15,20,29H,5,8H2,1H3,(H2,32,33)(H,36,42)/t20-/m0/s1. The molecule has 1 aromatic carbocycles. The highest BCUT2D eigenvalue weighted by Gasteiger charge is 2.28. The number of rotatable bonds is 7. The molecule has 216 valence electrons. The van der Waals surface area contributed by atoms with Crippen molar-refractivity contribution in [2.45, 2.75) is 25.4 Å². The van der Waals surface area contributed by atoms with Gasteiger partial charge in [0.2, 0.25) is 5.88 Å². The molecule has 1 amide bonds. The van der Waals surface area contributed by atoms with E-state index < -0.39 is 12.5 Å². The first-order chi connectivity index (χ1) is 20.9. The molecule has 0 saturated heterocycles. The molecule has 0 bridgehead atoms. The zero-order chi connectivity index (χ0) is 29.7. The van der Waals surface area contributed by atoms with Gasteiger partial charge in [-0.05, 0) is 66.4 Å². The molecular formula is C29H24F2N10O2. The van der Waals surface area contributed by atoms with Crippen LogP contribution in [-0.4, -0.2) is 52.1 Å². The predicted octanol–water partition coefficient (Wildman–Crippen LogP) is 4.27. The Morgan fingerprint density at radius 3 is 2.74 bits per heavy atom. The number of pyridine rings is 2. The van der Waals surface area contributed by atoms with Crippen LogP contribution < -0.4 is 15.8 Å². The third-order valence-electron chi connectivity index (χ3n) is 7.40. The van der Waals surface area contributed by atoms with E-state index in [0.717, 1.165) is 16.8 Å². The molecule has 5 heterocycles. The fourth-order valence-electron chi connectivity index (χ4n) is 5.42. The van der Waals surface area contributed by atoms with Crippen molar-refractivity contribution in [3.63, 3.8) is 0 Å². The number of alkyl halides is 2. The van der Waals surface area contributed by atoms with Crippen molar-refractivity contribution in [2.75, 3.05) is 12.8 Å². The molecule has 1 aliphatic carbocycles. The fourth-order valence-corrected chi connectivity index (χ4v) is 5.42. The van der Waals surface area contributed by atoms with Crippen LogP contribution >= 0.6 is 0 Å². The number of nitrogens with two attached hydrogens (primary N) is 1. The normalized spacial score (nSPS) is 14.4. The van der Waals surface area contributed by atoms with Crippen LogP contribution in [0.1, 0.15) is 40.6 Å². The molecule has 5 aromatic heterocycles. The van der Waals surface area contributed by atoms with Crippen LogP contribution in [0.3, 0.4) is 0 Å².